The van der Waals surface area contributed by atoms with E-state index in [1.165, 1.54) is 19.3 Å². The van der Waals surface area contributed by atoms with E-state index in [-0.39, 0.29) is 12.1 Å². The molecule has 0 spiro atoms. The fraction of sp³-hybridized carbons (Fsp3) is 0.588. The van der Waals surface area contributed by atoms with E-state index >= 15 is 0 Å². The Morgan fingerprint density at radius 2 is 1.92 bits per heavy atom. The Morgan fingerprint density at radius 1 is 1.17 bits per heavy atom. The number of hydrogen-bond donors (Lipinski definition) is 2. The molecule has 6 nitrogen and oxygen atoms in total. The van der Waals surface area contributed by atoms with Crippen molar-refractivity contribution >= 4 is 27.4 Å². The summed E-state index contributed by atoms with van der Waals surface area (Å²) in [6, 6.07) is 5.62. The maximum atomic E-state index is 12.7. The van der Waals surface area contributed by atoms with Gasteiger partial charge in [-0.05, 0) is 37.8 Å². The highest BCUT2D eigenvalue weighted by Gasteiger charge is 2.26. The highest BCUT2D eigenvalue weighted by atomic mass is 32.2. The van der Waals surface area contributed by atoms with Crippen molar-refractivity contribution in [1.29, 1.82) is 0 Å². The van der Waals surface area contributed by atoms with Crippen LogP contribution in [0.25, 0.3) is 0 Å². The summed E-state index contributed by atoms with van der Waals surface area (Å²) in [5.74, 6) is 0. The van der Waals surface area contributed by atoms with Crippen LogP contribution < -0.4 is 14.9 Å². The van der Waals surface area contributed by atoms with Crippen LogP contribution >= 0.6 is 0 Å². The van der Waals surface area contributed by atoms with Gasteiger partial charge in [-0.25, -0.2) is 13.2 Å². The molecule has 1 saturated carbocycles. The molecule has 2 amide bonds. The van der Waals surface area contributed by atoms with E-state index in [0.29, 0.717) is 12.2 Å². The Morgan fingerprint density at radius 3 is 2.62 bits per heavy atom. The summed E-state index contributed by atoms with van der Waals surface area (Å²) in [5.41, 5.74) is 2.28. The smallest absolute Gasteiger partial charge is 0.322 e. The first-order valence-electron chi connectivity index (χ1n) is 8.62. The molecule has 3 rings (SSSR count). The highest BCUT2D eigenvalue weighted by Crippen LogP contribution is 2.33. The summed E-state index contributed by atoms with van der Waals surface area (Å²) in [6.07, 6.45) is 8.41. The molecular formula is C17H25N3O3S. The molecule has 7 heteroatoms. The molecule has 0 unspecified atom stereocenters. The lowest BCUT2D eigenvalue weighted by Gasteiger charge is -2.33. The van der Waals surface area contributed by atoms with Gasteiger partial charge in [0.2, 0.25) is 10.0 Å². The van der Waals surface area contributed by atoms with Crippen molar-refractivity contribution in [2.75, 3.05) is 22.4 Å². The third kappa shape index (κ3) is 4.01. The van der Waals surface area contributed by atoms with Crippen molar-refractivity contribution in [3.63, 3.8) is 0 Å². The SMILES string of the molecule is CS(=O)(=O)Nc1cccc2c1CCCN2C(=O)NC1CCCCC1. The first-order chi connectivity index (χ1) is 11.4. The second-order valence-corrected chi connectivity index (χ2v) is 8.47. The van der Waals surface area contributed by atoms with Crippen LogP contribution in [0.4, 0.5) is 16.2 Å². The topological polar surface area (TPSA) is 78.5 Å². The first-order valence-corrected chi connectivity index (χ1v) is 10.5. The predicted molar refractivity (Wildman–Crippen MR) is 96.0 cm³/mol. The summed E-state index contributed by atoms with van der Waals surface area (Å²) in [6.45, 7) is 0.661. The van der Waals surface area contributed by atoms with Gasteiger partial charge in [-0.1, -0.05) is 25.3 Å². The molecule has 0 saturated heterocycles. The molecule has 2 N–H and O–H groups in total. The summed E-state index contributed by atoms with van der Waals surface area (Å²) in [7, 11) is -3.34. The number of nitrogens with one attached hydrogen (secondary N) is 2. The molecule has 0 atom stereocenters. The normalized spacial score (nSPS) is 18.8. The van der Waals surface area contributed by atoms with Crippen LogP contribution in [0.5, 0.6) is 0 Å². The van der Waals surface area contributed by atoms with Crippen molar-refractivity contribution < 1.29 is 13.2 Å². The number of sulfonamides is 1. The van der Waals surface area contributed by atoms with Crippen LogP contribution in [-0.4, -0.2) is 33.3 Å². The Labute approximate surface area is 143 Å². The largest absolute Gasteiger partial charge is 0.335 e. The molecule has 1 fully saturated rings. The second kappa shape index (κ2) is 7.01. The van der Waals surface area contributed by atoms with Crippen molar-refractivity contribution in [1.82, 2.24) is 5.32 Å². The summed E-state index contributed by atoms with van der Waals surface area (Å²) < 4.78 is 25.7. The number of nitrogens with zero attached hydrogens (tertiary/aromatic N) is 1. The van der Waals surface area contributed by atoms with E-state index in [4.69, 9.17) is 0 Å². The lowest BCUT2D eigenvalue weighted by molar-refractivity contribution is 0.237. The van der Waals surface area contributed by atoms with E-state index in [0.717, 1.165) is 43.2 Å². The summed E-state index contributed by atoms with van der Waals surface area (Å²) in [4.78, 5) is 14.5. The zero-order valence-electron chi connectivity index (χ0n) is 14.0. The minimum absolute atomic E-state index is 0.0700. The van der Waals surface area contributed by atoms with Crippen molar-refractivity contribution in [2.45, 2.75) is 51.0 Å². The van der Waals surface area contributed by atoms with Gasteiger partial charge >= 0.3 is 6.03 Å². The van der Waals surface area contributed by atoms with E-state index < -0.39 is 10.0 Å². The van der Waals surface area contributed by atoms with Crippen molar-refractivity contribution in [2.24, 2.45) is 0 Å². The minimum atomic E-state index is -3.34. The number of anilines is 2. The lowest BCUT2D eigenvalue weighted by Crippen LogP contribution is -2.47. The van der Waals surface area contributed by atoms with Crippen LogP contribution in [0, 0.1) is 0 Å². The molecule has 1 aliphatic heterocycles. The zero-order valence-corrected chi connectivity index (χ0v) is 14.9. The van der Waals surface area contributed by atoms with Gasteiger partial charge in [0.15, 0.2) is 0 Å². The third-order valence-corrected chi connectivity index (χ3v) is 5.31. The number of carbonyl (C=O) groups excluding carboxylic acids is 1. The van der Waals surface area contributed by atoms with Gasteiger partial charge in [0.05, 0.1) is 17.6 Å². The molecule has 0 bridgehead atoms. The number of urea groups is 1. The number of fused-ring (bicyclic) bond motifs is 1. The summed E-state index contributed by atoms with van der Waals surface area (Å²) >= 11 is 0. The molecule has 1 aromatic carbocycles. The minimum Gasteiger partial charge on any atom is -0.335 e. The Hall–Kier alpha value is -1.76. The predicted octanol–water partition coefficient (Wildman–Crippen LogP) is 2.85. The van der Waals surface area contributed by atoms with Gasteiger partial charge < -0.3 is 5.32 Å². The molecule has 1 aromatic rings. The van der Waals surface area contributed by atoms with E-state index in [1.54, 1.807) is 17.0 Å². The number of hydrogen-bond acceptors (Lipinski definition) is 3. The summed E-state index contributed by atoms with van der Waals surface area (Å²) in [5, 5.41) is 3.15. The molecule has 2 aliphatic rings. The van der Waals surface area contributed by atoms with Crippen LogP contribution in [0.3, 0.4) is 0 Å². The zero-order chi connectivity index (χ0) is 17.2. The van der Waals surface area contributed by atoms with Gasteiger partial charge in [-0.3, -0.25) is 9.62 Å². The highest BCUT2D eigenvalue weighted by molar-refractivity contribution is 7.92. The van der Waals surface area contributed by atoms with Crippen LogP contribution in [0.2, 0.25) is 0 Å². The van der Waals surface area contributed by atoms with Crippen LogP contribution in [-0.2, 0) is 16.4 Å². The van der Waals surface area contributed by atoms with E-state index in [2.05, 4.69) is 10.0 Å². The number of amides is 2. The maximum absolute atomic E-state index is 12.7. The number of benzene rings is 1. The van der Waals surface area contributed by atoms with E-state index in [9.17, 15) is 13.2 Å². The Bertz CT molecular complexity index is 712. The molecule has 1 aliphatic carbocycles. The third-order valence-electron chi connectivity index (χ3n) is 4.72. The molecule has 132 valence electrons. The van der Waals surface area contributed by atoms with Gasteiger partial charge in [-0.2, -0.15) is 0 Å². The van der Waals surface area contributed by atoms with Gasteiger partial charge in [0, 0.05) is 18.2 Å². The van der Waals surface area contributed by atoms with Crippen molar-refractivity contribution in [3.8, 4) is 0 Å². The lowest BCUT2D eigenvalue weighted by atomic mass is 9.95. The average Bonchev–Trinajstić information content (AvgIpc) is 2.54. The first kappa shape index (κ1) is 17.1. The number of carbonyl (C=O) groups is 1. The fourth-order valence-corrected chi connectivity index (χ4v) is 4.22. The molecule has 24 heavy (non-hydrogen) atoms. The van der Waals surface area contributed by atoms with Gasteiger partial charge in [0.1, 0.15) is 0 Å². The average molecular weight is 351 g/mol. The van der Waals surface area contributed by atoms with Gasteiger partial charge in [-0.15, -0.1) is 0 Å². The quantitative estimate of drug-likeness (QED) is 0.879. The monoisotopic (exact) mass is 351 g/mol. The maximum Gasteiger partial charge on any atom is 0.322 e. The van der Waals surface area contributed by atoms with Crippen molar-refractivity contribution in [3.05, 3.63) is 23.8 Å². The number of rotatable bonds is 3. The molecule has 0 radical (unpaired) electrons. The van der Waals surface area contributed by atoms with Crippen LogP contribution in [0.15, 0.2) is 18.2 Å². The Kier molecular flexibility index (Phi) is 4.99. The van der Waals surface area contributed by atoms with Crippen LogP contribution in [0.1, 0.15) is 44.1 Å². The standard InChI is InChI=1S/C17H25N3O3S/c1-24(22,23)19-15-10-5-11-16-14(15)9-6-12-20(16)17(21)18-13-7-3-2-4-8-13/h5,10-11,13,19H,2-4,6-9,12H2,1H3,(H,18,21). The van der Waals surface area contributed by atoms with E-state index in [1.807, 2.05) is 6.07 Å². The fourth-order valence-electron chi connectivity index (χ4n) is 3.63. The molecular weight excluding hydrogens is 326 g/mol. The Balaban J connectivity index is 1.80. The molecule has 1 heterocycles. The molecule has 0 aromatic heterocycles. The van der Waals surface area contributed by atoms with Gasteiger partial charge in [0.25, 0.3) is 0 Å². The second-order valence-electron chi connectivity index (χ2n) is 6.72.